The van der Waals surface area contributed by atoms with Crippen molar-refractivity contribution >= 4 is 11.8 Å². The molecule has 0 aromatic heterocycles. The molecule has 1 atom stereocenters. The van der Waals surface area contributed by atoms with Crippen molar-refractivity contribution < 1.29 is 14.7 Å². The molecule has 2 N–H and O–H groups in total. The summed E-state index contributed by atoms with van der Waals surface area (Å²) in [5.74, 6) is -0.138. The first-order valence-electron chi connectivity index (χ1n) is 5.82. The second-order valence-electron chi connectivity index (χ2n) is 4.28. The van der Waals surface area contributed by atoms with Crippen molar-refractivity contribution in [1.29, 1.82) is 0 Å². The van der Waals surface area contributed by atoms with E-state index in [1.165, 1.54) is 0 Å². The first-order chi connectivity index (χ1) is 7.59. The average Bonchev–Trinajstić information content (AvgIpc) is 2.42. The highest BCUT2D eigenvalue weighted by molar-refractivity contribution is 5.84. The first-order valence-corrected chi connectivity index (χ1v) is 5.82. The Bertz CT molecular complexity index is 254. The van der Waals surface area contributed by atoms with Crippen molar-refractivity contribution in [3.63, 3.8) is 0 Å². The van der Waals surface area contributed by atoms with Gasteiger partial charge in [0.25, 0.3) is 0 Å². The lowest BCUT2D eigenvalue weighted by molar-refractivity contribution is -0.135. The van der Waals surface area contributed by atoms with Gasteiger partial charge < -0.3 is 15.3 Å². The number of rotatable bonds is 4. The second kappa shape index (κ2) is 6.48. The summed E-state index contributed by atoms with van der Waals surface area (Å²) in [5, 5.41) is 11.6. The van der Waals surface area contributed by atoms with E-state index in [1.807, 2.05) is 0 Å². The van der Waals surface area contributed by atoms with Crippen molar-refractivity contribution in [2.45, 2.75) is 38.7 Å². The SMILES string of the molecule is CC(O)CNC(=O)CN1CCCCCC1=O. The summed E-state index contributed by atoms with van der Waals surface area (Å²) in [7, 11) is 0. The van der Waals surface area contributed by atoms with E-state index in [0.29, 0.717) is 13.0 Å². The van der Waals surface area contributed by atoms with Crippen LogP contribution in [-0.4, -0.2) is 47.6 Å². The van der Waals surface area contributed by atoms with Crippen molar-refractivity contribution in [2.24, 2.45) is 0 Å². The maximum Gasteiger partial charge on any atom is 0.239 e. The third kappa shape index (κ3) is 4.61. The van der Waals surface area contributed by atoms with E-state index in [1.54, 1.807) is 11.8 Å². The zero-order valence-electron chi connectivity index (χ0n) is 9.74. The standard InChI is InChI=1S/C11H20N2O3/c1-9(14)7-12-10(15)8-13-6-4-2-3-5-11(13)16/h9,14H,2-8H2,1H3,(H,12,15). The Morgan fingerprint density at radius 1 is 1.50 bits per heavy atom. The lowest BCUT2D eigenvalue weighted by atomic mass is 10.2. The minimum Gasteiger partial charge on any atom is -0.392 e. The van der Waals surface area contributed by atoms with Crippen LogP contribution in [0.15, 0.2) is 0 Å². The minimum absolute atomic E-state index is 0.0599. The molecule has 0 aromatic carbocycles. The normalized spacial score (nSPS) is 19.1. The van der Waals surface area contributed by atoms with Crippen LogP contribution in [0.4, 0.5) is 0 Å². The molecule has 0 aromatic rings. The van der Waals surface area contributed by atoms with E-state index in [0.717, 1.165) is 19.3 Å². The lowest BCUT2D eigenvalue weighted by Crippen LogP contribution is -2.42. The predicted octanol–water partition coefficient (Wildman–Crippen LogP) is -0.114. The summed E-state index contributed by atoms with van der Waals surface area (Å²) in [5.41, 5.74) is 0. The van der Waals surface area contributed by atoms with E-state index in [9.17, 15) is 9.59 Å². The van der Waals surface area contributed by atoms with Crippen LogP contribution in [0.2, 0.25) is 0 Å². The number of carbonyl (C=O) groups excluding carboxylic acids is 2. The second-order valence-corrected chi connectivity index (χ2v) is 4.28. The molecule has 16 heavy (non-hydrogen) atoms. The van der Waals surface area contributed by atoms with Gasteiger partial charge in [-0.25, -0.2) is 0 Å². The molecule has 92 valence electrons. The maximum absolute atomic E-state index is 11.6. The van der Waals surface area contributed by atoms with Crippen LogP contribution in [0.1, 0.15) is 32.6 Å². The topological polar surface area (TPSA) is 69.6 Å². The van der Waals surface area contributed by atoms with Crippen molar-refractivity contribution in [3.8, 4) is 0 Å². The number of amides is 2. The van der Waals surface area contributed by atoms with E-state index in [2.05, 4.69) is 5.32 Å². The molecular weight excluding hydrogens is 208 g/mol. The molecule has 0 saturated carbocycles. The molecular formula is C11H20N2O3. The number of nitrogens with zero attached hydrogens (tertiary/aromatic N) is 1. The molecule has 1 aliphatic rings. The third-order valence-corrected chi connectivity index (χ3v) is 2.60. The highest BCUT2D eigenvalue weighted by atomic mass is 16.3. The molecule has 1 unspecified atom stereocenters. The number of likely N-dealkylation sites (tertiary alicyclic amines) is 1. The smallest absolute Gasteiger partial charge is 0.239 e. The van der Waals surface area contributed by atoms with Gasteiger partial charge in [-0.1, -0.05) is 6.42 Å². The van der Waals surface area contributed by atoms with Gasteiger partial charge in [-0.15, -0.1) is 0 Å². The van der Waals surface area contributed by atoms with E-state index in [-0.39, 0.29) is 24.9 Å². The molecule has 0 spiro atoms. The van der Waals surface area contributed by atoms with Crippen LogP contribution >= 0.6 is 0 Å². The maximum atomic E-state index is 11.6. The fourth-order valence-electron chi connectivity index (χ4n) is 1.70. The van der Waals surface area contributed by atoms with Gasteiger partial charge in [0.1, 0.15) is 0 Å². The zero-order valence-corrected chi connectivity index (χ0v) is 9.74. The molecule has 1 heterocycles. The molecule has 0 bridgehead atoms. The quantitative estimate of drug-likeness (QED) is 0.705. The lowest BCUT2D eigenvalue weighted by Gasteiger charge is -2.20. The summed E-state index contributed by atoms with van der Waals surface area (Å²) < 4.78 is 0. The number of hydrogen-bond donors (Lipinski definition) is 2. The Morgan fingerprint density at radius 3 is 2.94 bits per heavy atom. The molecule has 0 radical (unpaired) electrons. The van der Waals surface area contributed by atoms with Gasteiger partial charge in [-0.2, -0.15) is 0 Å². The number of nitrogens with one attached hydrogen (secondary N) is 1. The Balaban J connectivity index is 2.33. The number of aliphatic hydroxyl groups is 1. The molecule has 1 saturated heterocycles. The fraction of sp³-hybridized carbons (Fsp3) is 0.818. The van der Waals surface area contributed by atoms with Gasteiger partial charge in [0.15, 0.2) is 0 Å². The van der Waals surface area contributed by atoms with Crippen LogP contribution in [0.25, 0.3) is 0 Å². The van der Waals surface area contributed by atoms with Gasteiger partial charge in [0.05, 0.1) is 12.6 Å². The molecule has 5 nitrogen and oxygen atoms in total. The fourth-order valence-corrected chi connectivity index (χ4v) is 1.70. The molecule has 5 heteroatoms. The summed E-state index contributed by atoms with van der Waals surface area (Å²) in [6, 6.07) is 0. The van der Waals surface area contributed by atoms with Gasteiger partial charge in [-0.05, 0) is 19.8 Å². The van der Waals surface area contributed by atoms with Crippen LogP contribution in [-0.2, 0) is 9.59 Å². The van der Waals surface area contributed by atoms with E-state index < -0.39 is 6.10 Å². The molecule has 0 aliphatic carbocycles. The van der Waals surface area contributed by atoms with Gasteiger partial charge >= 0.3 is 0 Å². The first kappa shape index (κ1) is 13.0. The average molecular weight is 228 g/mol. The van der Waals surface area contributed by atoms with Gasteiger partial charge in [-0.3, -0.25) is 9.59 Å². The van der Waals surface area contributed by atoms with E-state index in [4.69, 9.17) is 5.11 Å². The Hall–Kier alpha value is -1.10. The zero-order chi connectivity index (χ0) is 12.0. The van der Waals surface area contributed by atoms with Gasteiger partial charge in [0, 0.05) is 19.5 Å². The molecule has 2 amide bonds. The molecule has 1 aliphatic heterocycles. The summed E-state index contributed by atoms with van der Waals surface area (Å²) in [6.45, 7) is 2.63. The third-order valence-electron chi connectivity index (χ3n) is 2.60. The van der Waals surface area contributed by atoms with Crippen molar-refractivity contribution in [3.05, 3.63) is 0 Å². The van der Waals surface area contributed by atoms with Gasteiger partial charge in [0.2, 0.25) is 11.8 Å². The minimum atomic E-state index is -0.552. The summed E-state index contributed by atoms with van der Waals surface area (Å²) in [4.78, 5) is 24.6. The van der Waals surface area contributed by atoms with Crippen LogP contribution in [0, 0.1) is 0 Å². The van der Waals surface area contributed by atoms with Crippen molar-refractivity contribution in [1.82, 2.24) is 10.2 Å². The monoisotopic (exact) mass is 228 g/mol. The Labute approximate surface area is 95.8 Å². The molecule has 1 rings (SSSR count). The summed E-state index contributed by atoms with van der Waals surface area (Å²) >= 11 is 0. The van der Waals surface area contributed by atoms with E-state index >= 15 is 0 Å². The highest BCUT2D eigenvalue weighted by Gasteiger charge is 2.18. The van der Waals surface area contributed by atoms with Crippen LogP contribution in [0.5, 0.6) is 0 Å². The number of aliphatic hydroxyl groups excluding tert-OH is 1. The highest BCUT2D eigenvalue weighted by Crippen LogP contribution is 2.10. The number of carbonyl (C=O) groups is 2. The van der Waals surface area contributed by atoms with Crippen LogP contribution in [0.3, 0.4) is 0 Å². The Kier molecular flexibility index (Phi) is 5.25. The van der Waals surface area contributed by atoms with Crippen LogP contribution < -0.4 is 5.32 Å². The largest absolute Gasteiger partial charge is 0.392 e. The number of hydrogen-bond acceptors (Lipinski definition) is 3. The predicted molar refractivity (Wildman–Crippen MR) is 59.7 cm³/mol. The molecule has 1 fully saturated rings. The Morgan fingerprint density at radius 2 is 2.25 bits per heavy atom. The van der Waals surface area contributed by atoms with Crippen molar-refractivity contribution in [2.75, 3.05) is 19.6 Å². The summed E-state index contributed by atoms with van der Waals surface area (Å²) in [6.07, 6.45) is 2.94.